The van der Waals surface area contributed by atoms with Crippen molar-refractivity contribution in [3.63, 3.8) is 0 Å². The molecular weight excluding hydrogens is 376 g/mol. The molecule has 0 radical (unpaired) electrons. The zero-order chi connectivity index (χ0) is 20.0. The van der Waals surface area contributed by atoms with Crippen LogP contribution in [0.3, 0.4) is 0 Å². The van der Waals surface area contributed by atoms with Gasteiger partial charge in [-0.2, -0.15) is 4.31 Å². The van der Waals surface area contributed by atoms with E-state index in [0.29, 0.717) is 43.9 Å². The number of hydrogen-bond donors (Lipinski definition) is 1. The Kier molecular flexibility index (Phi) is 6.70. The molecule has 28 heavy (non-hydrogen) atoms. The largest absolute Gasteiger partial charge is 0.494 e. The van der Waals surface area contributed by atoms with Crippen molar-refractivity contribution in [3.8, 4) is 5.75 Å². The summed E-state index contributed by atoms with van der Waals surface area (Å²) in [6, 6.07) is 16.0. The summed E-state index contributed by atoms with van der Waals surface area (Å²) < 4.78 is 32.2. The summed E-state index contributed by atoms with van der Waals surface area (Å²) in [6.45, 7) is 3.35. The molecule has 1 saturated heterocycles. The molecule has 0 saturated carbocycles. The second-order valence-electron chi connectivity index (χ2n) is 6.81. The number of nitrogens with zero attached hydrogens (tertiary/aromatic N) is 1. The summed E-state index contributed by atoms with van der Waals surface area (Å²) in [7, 11) is -3.46. The molecule has 2 aromatic rings. The van der Waals surface area contributed by atoms with Crippen LogP contribution in [0, 0.1) is 0 Å². The molecule has 1 N–H and O–H groups in total. The maximum absolute atomic E-state index is 12.7. The van der Waals surface area contributed by atoms with Gasteiger partial charge in [0.1, 0.15) is 5.75 Å². The summed E-state index contributed by atoms with van der Waals surface area (Å²) >= 11 is 0. The molecule has 0 unspecified atom stereocenters. The molecule has 2 aromatic carbocycles. The van der Waals surface area contributed by atoms with Crippen LogP contribution in [0.25, 0.3) is 0 Å². The molecule has 7 heteroatoms. The lowest BCUT2D eigenvalue weighted by Crippen LogP contribution is -2.46. The monoisotopic (exact) mass is 402 g/mol. The van der Waals surface area contributed by atoms with Crippen molar-refractivity contribution in [1.29, 1.82) is 0 Å². The van der Waals surface area contributed by atoms with Gasteiger partial charge in [0.15, 0.2) is 0 Å². The van der Waals surface area contributed by atoms with Gasteiger partial charge in [-0.3, -0.25) is 4.79 Å². The number of sulfonamides is 1. The highest BCUT2D eigenvalue weighted by molar-refractivity contribution is 7.89. The van der Waals surface area contributed by atoms with E-state index in [1.807, 2.05) is 31.2 Å². The number of carbonyl (C=O) groups is 1. The summed E-state index contributed by atoms with van der Waals surface area (Å²) in [5, 5.41) is 3.03. The van der Waals surface area contributed by atoms with Crippen LogP contribution in [-0.4, -0.2) is 44.4 Å². The lowest BCUT2D eigenvalue weighted by molar-refractivity contribution is -0.121. The second kappa shape index (κ2) is 9.21. The highest BCUT2D eigenvalue weighted by Gasteiger charge is 2.29. The second-order valence-corrected chi connectivity index (χ2v) is 8.75. The quantitative estimate of drug-likeness (QED) is 0.772. The Balaban J connectivity index is 1.49. The van der Waals surface area contributed by atoms with Crippen molar-refractivity contribution in [1.82, 2.24) is 9.62 Å². The zero-order valence-electron chi connectivity index (χ0n) is 16.0. The molecule has 150 valence electrons. The fourth-order valence-electron chi connectivity index (χ4n) is 3.32. The van der Waals surface area contributed by atoms with E-state index in [2.05, 4.69) is 5.32 Å². The highest BCUT2D eigenvalue weighted by Crippen LogP contribution is 2.20. The van der Waals surface area contributed by atoms with E-state index < -0.39 is 10.0 Å². The third-order valence-corrected chi connectivity index (χ3v) is 6.71. The zero-order valence-corrected chi connectivity index (χ0v) is 16.8. The first kappa shape index (κ1) is 20.4. The minimum absolute atomic E-state index is 0.00239. The molecule has 1 aliphatic heterocycles. The molecule has 1 heterocycles. The summed E-state index contributed by atoms with van der Waals surface area (Å²) in [4.78, 5) is 12.6. The minimum atomic E-state index is -3.46. The van der Waals surface area contributed by atoms with Crippen LogP contribution in [0.15, 0.2) is 59.5 Å². The van der Waals surface area contributed by atoms with Crippen molar-refractivity contribution in [3.05, 3.63) is 60.2 Å². The van der Waals surface area contributed by atoms with Crippen molar-refractivity contribution in [2.45, 2.75) is 37.1 Å². The van der Waals surface area contributed by atoms with Gasteiger partial charge in [0, 0.05) is 19.1 Å². The fourth-order valence-corrected chi connectivity index (χ4v) is 4.81. The van der Waals surface area contributed by atoms with Crippen LogP contribution in [-0.2, 0) is 21.2 Å². The number of rotatable bonds is 7. The average Bonchev–Trinajstić information content (AvgIpc) is 2.71. The lowest BCUT2D eigenvalue weighted by Gasteiger charge is -2.31. The highest BCUT2D eigenvalue weighted by atomic mass is 32.2. The Labute approximate surface area is 166 Å². The Hall–Kier alpha value is -2.38. The Morgan fingerprint density at radius 3 is 2.32 bits per heavy atom. The summed E-state index contributed by atoms with van der Waals surface area (Å²) in [5.41, 5.74) is 0.921. The Bertz CT molecular complexity index is 874. The average molecular weight is 403 g/mol. The van der Waals surface area contributed by atoms with Crippen molar-refractivity contribution < 1.29 is 17.9 Å². The molecular formula is C21H26N2O4S. The van der Waals surface area contributed by atoms with Gasteiger partial charge in [-0.1, -0.05) is 30.3 Å². The van der Waals surface area contributed by atoms with E-state index in [-0.39, 0.29) is 11.9 Å². The molecule has 0 spiro atoms. The normalized spacial score (nSPS) is 15.9. The molecule has 6 nitrogen and oxygen atoms in total. The van der Waals surface area contributed by atoms with Gasteiger partial charge < -0.3 is 10.1 Å². The number of amides is 1. The van der Waals surface area contributed by atoms with Gasteiger partial charge in [0.2, 0.25) is 15.9 Å². The van der Waals surface area contributed by atoms with Crippen LogP contribution >= 0.6 is 0 Å². The van der Waals surface area contributed by atoms with Gasteiger partial charge in [-0.25, -0.2) is 8.42 Å². The molecule has 0 aliphatic carbocycles. The molecule has 0 atom stereocenters. The van der Waals surface area contributed by atoms with Crippen LogP contribution < -0.4 is 10.1 Å². The van der Waals surface area contributed by atoms with Gasteiger partial charge in [-0.15, -0.1) is 0 Å². The first-order chi connectivity index (χ1) is 13.5. The standard InChI is InChI=1S/C21H26N2O4S/c1-2-27-19-10-8-17(9-11-19)16-21(24)22-18-12-14-23(15-13-18)28(25,26)20-6-4-3-5-7-20/h3-11,18H,2,12-16H2,1H3,(H,22,24). The van der Waals surface area contributed by atoms with Gasteiger partial charge in [0.25, 0.3) is 0 Å². The number of carbonyl (C=O) groups excluding carboxylic acids is 1. The predicted octanol–water partition coefficient (Wildman–Crippen LogP) is 2.60. The first-order valence-electron chi connectivity index (χ1n) is 9.55. The maximum atomic E-state index is 12.7. The van der Waals surface area contributed by atoms with Crippen LogP contribution in [0.5, 0.6) is 5.75 Å². The predicted molar refractivity (Wildman–Crippen MR) is 108 cm³/mol. The number of nitrogens with one attached hydrogen (secondary N) is 1. The SMILES string of the molecule is CCOc1ccc(CC(=O)NC2CCN(S(=O)(=O)c3ccccc3)CC2)cc1. The number of piperidine rings is 1. The smallest absolute Gasteiger partial charge is 0.243 e. The number of hydrogen-bond acceptors (Lipinski definition) is 4. The molecule has 1 amide bonds. The topological polar surface area (TPSA) is 75.7 Å². The van der Waals surface area contributed by atoms with E-state index in [4.69, 9.17) is 4.74 Å². The van der Waals surface area contributed by atoms with Gasteiger partial charge in [-0.05, 0) is 49.6 Å². The molecule has 0 bridgehead atoms. The lowest BCUT2D eigenvalue weighted by atomic mass is 10.1. The van der Waals surface area contributed by atoms with Crippen molar-refractivity contribution >= 4 is 15.9 Å². The van der Waals surface area contributed by atoms with Gasteiger partial charge in [0.05, 0.1) is 17.9 Å². The fraction of sp³-hybridized carbons (Fsp3) is 0.381. The van der Waals surface area contributed by atoms with Crippen LogP contribution in [0.4, 0.5) is 0 Å². The van der Waals surface area contributed by atoms with Crippen LogP contribution in [0.2, 0.25) is 0 Å². The summed E-state index contributed by atoms with van der Waals surface area (Å²) in [6.07, 6.45) is 1.52. The maximum Gasteiger partial charge on any atom is 0.243 e. The molecule has 1 fully saturated rings. The van der Waals surface area contributed by atoms with E-state index in [0.717, 1.165) is 11.3 Å². The third kappa shape index (κ3) is 5.11. The third-order valence-electron chi connectivity index (χ3n) is 4.80. The first-order valence-corrected chi connectivity index (χ1v) is 11.0. The number of ether oxygens (including phenoxy) is 1. The van der Waals surface area contributed by atoms with Crippen molar-refractivity contribution in [2.24, 2.45) is 0 Å². The molecule has 3 rings (SSSR count). The number of benzene rings is 2. The van der Waals surface area contributed by atoms with E-state index in [1.54, 1.807) is 30.3 Å². The molecule has 0 aromatic heterocycles. The Morgan fingerprint density at radius 1 is 1.07 bits per heavy atom. The molecule has 1 aliphatic rings. The Morgan fingerprint density at radius 2 is 1.71 bits per heavy atom. The van der Waals surface area contributed by atoms with Crippen molar-refractivity contribution in [2.75, 3.05) is 19.7 Å². The van der Waals surface area contributed by atoms with E-state index >= 15 is 0 Å². The summed E-state index contributed by atoms with van der Waals surface area (Å²) in [5.74, 6) is 0.743. The minimum Gasteiger partial charge on any atom is -0.494 e. The van der Waals surface area contributed by atoms with E-state index in [9.17, 15) is 13.2 Å². The van der Waals surface area contributed by atoms with E-state index in [1.165, 1.54) is 4.31 Å². The van der Waals surface area contributed by atoms with Crippen LogP contribution in [0.1, 0.15) is 25.3 Å². The van der Waals surface area contributed by atoms with Gasteiger partial charge >= 0.3 is 0 Å².